The van der Waals surface area contributed by atoms with Gasteiger partial charge in [-0.05, 0) is 84.0 Å². The van der Waals surface area contributed by atoms with Crippen molar-refractivity contribution in [3.63, 3.8) is 0 Å². The fraction of sp³-hybridized carbons (Fsp3) is 0.815. The molecule has 113 heavy (non-hydrogen) atoms. The fourth-order valence-electron chi connectivity index (χ4n) is 11.6. The van der Waals surface area contributed by atoms with Crippen molar-refractivity contribution in [1.29, 1.82) is 0 Å². The number of hydrogen-bond donors (Lipinski definition) is 9. The number of ketones is 6. The van der Waals surface area contributed by atoms with Crippen LogP contribution in [0.25, 0.3) is 0 Å². The summed E-state index contributed by atoms with van der Waals surface area (Å²) in [5, 5.41) is 50.0. The summed E-state index contributed by atoms with van der Waals surface area (Å²) in [5.41, 5.74) is -0.671. The monoisotopic (exact) mass is 1620 g/mol. The number of rotatable bonds is 83. The van der Waals surface area contributed by atoms with Crippen LogP contribution in [0.3, 0.4) is 0 Å². The van der Waals surface area contributed by atoms with Crippen molar-refractivity contribution in [1.82, 2.24) is 26.6 Å². The third-order valence-electron chi connectivity index (χ3n) is 18.5. The third kappa shape index (κ3) is 69.0. The van der Waals surface area contributed by atoms with E-state index in [0.717, 1.165) is 77.0 Å². The molecule has 32 nitrogen and oxygen atoms in total. The number of aliphatic carboxylic acids is 4. The van der Waals surface area contributed by atoms with Crippen LogP contribution in [0.15, 0.2) is 0 Å². The van der Waals surface area contributed by atoms with Crippen LogP contribution in [-0.4, -0.2) is 246 Å². The molecular formula is C81H143N5O27. The zero-order valence-electron chi connectivity index (χ0n) is 68.3. The summed E-state index contributed by atoms with van der Waals surface area (Å²) in [6, 6.07) is -1.15. The highest BCUT2D eigenvalue weighted by Crippen LogP contribution is 2.27. The average molecular weight is 1620 g/mol. The SMILES string of the molecule is CC(=O)[C@H](CCCCNC(=O)COCCOCCCC(=O)COCCOCCNC(=O)CC[C@H](CC(=O)CCCCCCCCCCC(=O)O)C(=O)O)CC(=O)[C@H](CCCCNC(=O)COCCOCCNC(=O)COCCOCCCC(=O)CC[C@H](NC(=O)CCCCCCCCCCC(=O)O)C(=O)O)CC(=O)C(C)(C)C.[HH].[HH]. The van der Waals surface area contributed by atoms with E-state index in [9.17, 15) is 82.1 Å². The summed E-state index contributed by atoms with van der Waals surface area (Å²) < 4.78 is 43.4. The fourth-order valence-corrected chi connectivity index (χ4v) is 11.6. The van der Waals surface area contributed by atoms with Gasteiger partial charge in [-0.2, -0.15) is 0 Å². The normalized spacial score (nSPS) is 12.4. The highest BCUT2D eigenvalue weighted by atomic mass is 16.5. The van der Waals surface area contributed by atoms with Crippen LogP contribution in [0.4, 0.5) is 0 Å². The number of Topliss-reactive ketones (excluding diaryl/α,β-unsaturated/α-hetero) is 6. The second-order valence-corrected chi connectivity index (χ2v) is 29.6. The van der Waals surface area contributed by atoms with Gasteiger partial charge in [0.15, 0.2) is 5.78 Å². The van der Waals surface area contributed by atoms with Crippen LogP contribution in [0.1, 0.15) is 268 Å². The van der Waals surface area contributed by atoms with Gasteiger partial charge in [0.1, 0.15) is 61.4 Å². The second kappa shape index (κ2) is 71.5. The molecule has 32 heteroatoms. The van der Waals surface area contributed by atoms with Crippen LogP contribution in [0, 0.1) is 23.2 Å². The van der Waals surface area contributed by atoms with Gasteiger partial charge >= 0.3 is 23.9 Å². The van der Waals surface area contributed by atoms with Crippen LogP contribution < -0.4 is 26.6 Å². The van der Waals surface area contributed by atoms with Gasteiger partial charge in [0, 0.05) is 130 Å². The smallest absolute Gasteiger partial charge is 0.326 e. The molecule has 0 aromatic heterocycles. The van der Waals surface area contributed by atoms with E-state index in [1.807, 2.05) is 0 Å². The van der Waals surface area contributed by atoms with Gasteiger partial charge in [-0.1, -0.05) is 111 Å². The molecule has 9 N–H and O–H groups in total. The minimum absolute atomic E-state index is 0. The Kier molecular flexibility index (Phi) is 67.0. The summed E-state index contributed by atoms with van der Waals surface area (Å²) in [7, 11) is 0. The zero-order valence-corrected chi connectivity index (χ0v) is 68.3. The summed E-state index contributed by atoms with van der Waals surface area (Å²) >= 11 is 0. The maximum atomic E-state index is 13.7. The predicted octanol–water partition coefficient (Wildman–Crippen LogP) is 8.66. The van der Waals surface area contributed by atoms with Crippen molar-refractivity contribution < 1.29 is 133 Å². The van der Waals surface area contributed by atoms with Crippen molar-refractivity contribution in [3.8, 4) is 0 Å². The molecule has 0 aliphatic heterocycles. The lowest BCUT2D eigenvalue weighted by Gasteiger charge is -2.23. The molecule has 0 fully saturated rings. The minimum Gasteiger partial charge on any atom is -0.481 e. The first-order valence-electron chi connectivity index (χ1n) is 41.1. The van der Waals surface area contributed by atoms with Crippen LogP contribution in [0.2, 0.25) is 0 Å². The summed E-state index contributed by atoms with van der Waals surface area (Å²) in [6.45, 7) is 9.48. The lowest BCUT2D eigenvalue weighted by Crippen LogP contribution is -2.41. The molecule has 4 atom stereocenters. The topological polar surface area (TPSA) is 471 Å². The van der Waals surface area contributed by atoms with E-state index in [0.29, 0.717) is 103 Å². The van der Waals surface area contributed by atoms with E-state index in [-0.39, 0.29) is 256 Å². The van der Waals surface area contributed by atoms with E-state index >= 15 is 0 Å². The molecule has 5 amide bonds. The summed E-state index contributed by atoms with van der Waals surface area (Å²) in [6.07, 6.45) is 19.1. The van der Waals surface area contributed by atoms with Gasteiger partial charge in [0.25, 0.3) is 0 Å². The standard InChI is InChI=1S/C81H139N5O27.2H2/c1-62(87)63(27-21-23-39-82-74(95)59-111-52-48-107-44-26-31-68(90)58-110-51-49-108-45-41-84-72(93)38-35-65(79(102)103)55-67(89)29-17-13-9-5-7-11-15-19-33-77(98)99)56-70(91)64(57-71(92)81(2,3)4)28-22-24-40-83-75(96)60-113-54-50-109-46-42-85-76(97)61-112-53-47-106-43-25-30-66(88)36-37-69(80(104)105)86-73(94)32-18-14-10-6-8-12-16-20-34-78(100)101;;/h63-65,69H,5-61H2,1-4H3,(H,82,95)(H,83,96)(H,84,93)(H,85,97)(H,86,94)(H,98,99)(H,100,101)(H,102,103)(H,104,105);2*1H/t63-,64-,65-,69+;;/m1../s1. The van der Waals surface area contributed by atoms with E-state index in [1.54, 1.807) is 20.8 Å². The molecule has 0 unspecified atom stereocenters. The maximum Gasteiger partial charge on any atom is 0.326 e. The number of amides is 5. The first kappa shape index (κ1) is 106. The molecule has 0 spiro atoms. The molecule has 0 aromatic carbocycles. The van der Waals surface area contributed by atoms with Crippen molar-refractivity contribution in [2.24, 2.45) is 23.2 Å². The molecular weight excluding hydrogens is 1470 g/mol. The number of carboxylic acids is 4. The number of carboxylic acid groups (broad SMARTS) is 4. The van der Waals surface area contributed by atoms with Gasteiger partial charge in [-0.3, -0.25) is 67.1 Å². The summed E-state index contributed by atoms with van der Waals surface area (Å²) in [5.74, 6) is -8.46. The van der Waals surface area contributed by atoms with Crippen molar-refractivity contribution in [2.75, 3.05) is 132 Å². The van der Waals surface area contributed by atoms with Crippen molar-refractivity contribution in [3.05, 3.63) is 0 Å². The largest absolute Gasteiger partial charge is 0.481 e. The number of ether oxygens (including phenoxy) is 8. The van der Waals surface area contributed by atoms with E-state index in [2.05, 4.69) is 26.6 Å². The molecule has 654 valence electrons. The van der Waals surface area contributed by atoms with E-state index in [4.69, 9.17) is 48.1 Å². The van der Waals surface area contributed by atoms with Gasteiger partial charge in [-0.25, -0.2) is 4.79 Å². The lowest BCUT2D eigenvalue weighted by molar-refractivity contribution is -0.144. The van der Waals surface area contributed by atoms with Gasteiger partial charge in [0.2, 0.25) is 29.5 Å². The number of nitrogens with one attached hydrogen (secondary N) is 5. The van der Waals surface area contributed by atoms with Crippen molar-refractivity contribution >= 4 is 88.1 Å². The predicted molar refractivity (Wildman–Crippen MR) is 422 cm³/mol. The van der Waals surface area contributed by atoms with Crippen molar-refractivity contribution in [2.45, 2.75) is 271 Å². The van der Waals surface area contributed by atoms with Gasteiger partial charge in [0.05, 0.1) is 72.0 Å². The maximum absolute atomic E-state index is 13.7. The third-order valence-corrected chi connectivity index (χ3v) is 18.5. The molecule has 0 saturated carbocycles. The number of hydrogen-bond acceptors (Lipinski definition) is 23. The van der Waals surface area contributed by atoms with E-state index in [1.165, 1.54) is 6.92 Å². The van der Waals surface area contributed by atoms with E-state index < -0.39 is 53.1 Å². The van der Waals surface area contributed by atoms with Gasteiger partial charge < -0.3 is 84.9 Å². The Morgan fingerprint density at radius 3 is 1.13 bits per heavy atom. The first-order valence-corrected chi connectivity index (χ1v) is 41.1. The van der Waals surface area contributed by atoms with Crippen LogP contribution in [-0.2, 0) is 110 Å². The average Bonchev–Trinajstić information content (AvgIpc) is 0.869. The number of unbranched alkanes of at least 4 members (excludes halogenated alkanes) is 16. The highest BCUT2D eigenvalue weighted by Gasteiger charge is 2.31. The molecule has 0 aliphatic rings. The number of carbonyl (C=O) groups excluding carboxylic acids is 11. The van der Waals surface area contributed by atoms with Crippen LogP contribution >= 0.6 is 0 Å². The Balaban J connectivity index is -0.0000627. The Hall–Kier alpha value is -7.07. The second-order valence-electron chi connectivity index (χ2n) is 29.6. The highest BCUT2D eigenvalue weighted by molar-refractivity contribution is 5.93. The lowest BCUT2D eigenvalue weighted by atomic mass is 9.79. The Labute approximate surface area is 671 Å². The summed E-state index contributed by atoms with van der Waals surface area (Å²) in [4.78, 5) is 183. The molecule has 0 aromatic rings. The minimum atomic E-state index is -1.20. The van der Waals surface area contributed by atoms with Crippen LogP contribution in [0.5, 0.6) is 0 Å². The zero-order chi connectivity index (χ0) is 84.0. The molecule has 0 saturated heterocycles. The number of carbonyl (C=O) groups is 15. The Morgan fingerprint density at radius 2 is 0.690 bits per heavy atom. The Morgan fingerprint density at radius 1 is 0.301 bits per heavy atom. The molecule has 0 aliphatic carbocycles. The van der Waals surface area contributed by atoms with Gasteiger partial charge in [-0.15, -0.1) is 0 Å². The molecule has 0 heterocycles. The molecule has 0 bridgehead atoms. The Bertz CT molecular complexity index is 2720. The molecule has 0 radical (unpaired) electrons. The molecule has 0 rings (SSSR count). The quantitative estimate of drug-likeness (QED) is 0.0257. The first-order chi connectivity index (χ1) is 54.1.